The molecule has 0 N–H and O–H groups in total. The van der Waals surface area contributed by atoms with Gasteiger partial charge in [-0.1, -0.05) is 42.0 Å². The molecule has 0 fully saturated rings. The lowest BCUT2D eigenvalue weighted by atomic mass is 10.0. The molecule has 0 radical (unpaired) electrons. The summed E-state index contributed by atoms with van der Waals surface area (Å²) in [5.74, 6) is 0. The van der Waals surface area contributed by atoms with Crippen molar-refractivity contribution in [3.8, 4) is 0 Å². The van der Waals surface area contributed by atoms with Crippen LogP contribution in [0.1, 0.15) is 30.5 Å². The molecular weight excluding hydrogens is 278 g/mol. The van der Waals surface area contributed by atoms with Gasteiger partial charge in [-0.3, -0.25) is 0 Å². The van der Waals surface area contributed by atoms with Gasteiger partial charge in [-0.2, -0.15) is 0 Å². The van der Waals surface area contributed by atoms with Crippen LogP contribution in [0.5, 0.6) is 0 Å². The molecule has 23 heavy (non-hydrogen) atoms. The summed E-state index contributed by atoms with van der Waals surface area (Å²) >= 11 is 0. The molecule has 1 heteroatoms. The second-order valence-electron chi connectivity index (χ2n) is 6.88. The molecule has 4 rings (SSSR count). The summed E-state index contributed by atoms with van der Waals surface area (Å²) in [7, 11) is 0. The van der Waals surface area contributed by atoms with Gasteiger partial charge in [0.1, 0.15) is 0 Å². The molecule has 0 aliphatic heterocycles. The molecule has 0 unspecified atom stereocenters. The fourth-order valence-electron chi connectivity index (χ4n) is 3.86. The Hall–Kier alpha value is -2.28. The zero-order chi connectivity index (χ0) is 16.0. The first-order valence-corrected chi connectivity index (χ1v) is 8.54. The average molecular weight is 301 g/mol. The molecular formula is C22H23N. The van der Waals surface area contributed by atoms with Gasteiger partial charge in [0.15, 0.2) is 0 Å². The molecule has 3 aromatic rings. The molecule has 0 amide bonds. The normalized spacial score (nSPS) is 13.0. The second-order valence-corrected chi connectivity index (χ2v) is 6.88. The molecule has 1 aliphatic carbocycles. The minimum atomic E-state index is 0.413. The highest BCUT2D eigenvalue weighted by molar-refractivity contribution is 6.01. The predicted octanol–water partition coefficient (Wildman–Crippen LogP) is 5.79. The SMILES string of the molecule is Cc1ccc(N(c2ccc3c4c(cccc24)CC3)C(C)C)cc1. The van der Waals surface area contributed by atoms with Crippen molar-refractivity contribution in [3.63, 3.8) is 0 Å². The summed E-state index contributed by atoms with van der Waals surface area (Å²) < 4.78 is 0. The zero-order valence-electron chi connectivity index (χ0n) is 14.1. The van der Waals surface area contributed by atoms with Crippen LogP contribution in [0.4, 0.5) is 11.4 Å². The first kappa shape index (κ1) is 14.3. The predicted molar refractivity (Wildman–Crippen MR) is 99.8 cm³/mol. The lowest BCUT2D eigenvalue weighted by molar-refractivity contribution is 0.791. The molecule has 0 saturated carbocycles. The van der Waals surface area contributed by atoms with E-state index in [0.29, 0.717) is 6.04 Å². The van der Waals surface area contributed by atoms with Crippen molar-refractivity contribution >= 4 is 22.1 Å². The molecule has 0 heterocycles. The number of anilines is 2. The Morgan fingerprint density at radius 1 is 0.826 bits per heavy atom. The van der Waals surface area contributed by atoms with Gasteiger partial charge in [-0.05, 0) is 68.3 Å². The van der Waals surface area contributed by atoms with E-state index in [1.165, 1.54) is 51.7 Å². The summed E-state index contributed by atoms with van der Waals surface area (Å²) in [6, 6.07) is 20.7. The van der Waals surface area contributed by atoms with E-state index in [0.717, 1.165) is 0 Å². The monoisotopic (exact) mass is 301 g/mol. The molecule has 0 spiro atoms. The van der Waals surface area contributed by atoms with Crippen molar-refractivity contribution in [2.45, 2.75) is 39.7 Å². The minimum Gasteiger partial charge on any atom is -0.338 e. The molecule has 1 nitrogen and oxygen atoms in total. The molecule has 116 valence electrons. The van der Waals surface area contributed by atoms with Crippen LogP contribution in [0.3, 0.4) is 0 Å². The maximum atomic E-state index is 2.46. The van der Waals surface area contributed by atoms with Crippen LogP contribution >= 0.6 is 0 Å². The molecule has 0 bridgehead atoms. The Bertz CT molecular complexity index is 849. The minimum absolute atomic E-state index is 0.413. The van der Waals surface area contributed by atoms with Crippen LogP contribution in [0, 0.1) is 6.92 Å². The topological polar surface area (TPSA) is 3.24 Å². The lowest BCUT2D eigenvalue weighted by Gasteiger charge is -2.30. The van der Waals surface area contributed by atoms with Crippen LogP contribution in [-0.2, 0) is 12.8 Å². The fraction of sp³-hybridized carbons (Fsp3) is 0.273. The van der Waals surface area contributed by atoms with Gasteiger partial charge in [-0.25, -0.2) is 0 Å². The first-order chi connectivity index (χ1) is 11.1. The highest BCUT2D eigenvalue weighted by atomic mass is 15.2. The summed E-state index contributed by atoms with van der Waals surface area (Å²) in [5.41, 5.74) is 6.91. The molecule has 0 atom stereocenters. The van der Waals surface area contributed by atoms with Crippen molar-refractivity contribution in [2.24, 2.45) is 0 Å². The number of nitrogens with zero attached hydrogens (tertiary/aromatic N) is 1. The quantitative estimate of drug-likeness (QED) is 0.591. The summed E-state index contributed by atoms with van der Waals surface area (Å²) in [6.07, 6.45) is 2.37. The number of hydrogen-bond donors (Lipinski definition) is 0. The van der Waals surface area contributed by atoms with Crippen molar-refractivity contribution < 1.29 is 0 Å². The van der Waals surface area contributed by atoms with E-state index in [1.807, 2.05) is 0 Å². The maximum absolute atomic E-state index is 2.46. The van der Waals surface area contributed by atoms with Crippen LogP contribution in [0.2, 0.25) is 0 Å². The van der Waals surface area contributed by atoms with E-state index in [2.05, 4.69) is 80.3 Å². The van der Waals surface area contributed by atoms with Gasteiger partial charge in [-0.15, -0.1) is 0 Å². The molecule has 0 saturated heterocycles. The van der Waals surface area contributed by atoms with Crippen molar-refractivity contribution in [1.29, 1.82) is 0 Å². The van der Waals surface area contributed by atoms with Crippen molar-refractivity contribution in [1.82, 2.24) is 0 Å². The van der Waals surface area contributed by atoms with Crippen LogP contribution < -0.4 is 4.90 Å². The fourth-order valence-corrected chi connectivity index (χ4v) is 3.86. The number of rotatable bonds is 3. The smallest absolute Gasteiger partial charge is 0.0493 e. The standard InChI is InChI=1S/C22H23N/c1-15(2)23(19-12-7-16(3)8-13-19)21-14-11-18-10-9-17-5-4-6-20(21)22(17)18/h4-8,11-15H,9-10H2,1-3H3. The first-order valence-electron chi connectivity index (χ1n) is 8.54. The third kappa shape index (κ3) is 2.31. The zero-order valence-corrected chi connectivity index (χ0v) is 14.1. The Kier molecular flexibility index (Phi) is 3.37. The largest absolute Gasteiger partial charge is 0.338 e. The van der Waals surface area contributed by atoms with Gasteiger partial charge in [0.05, 0.1) is 0 Å². The lowest BCUT2D eigenvalue weighted by Crippen LogP contribution is -2.25. The summed E-state index contributed by atoms with van der Waals surface area (Å²) in [4.78, 5) is 2.46. The maximum Gasteiger partial charge on any atom is 0.0493 e. The Morgan fingerprint density at radius 3 is 2.22 bits per heavy atom. The third-order valence-electron chi connectivity index (χ3n) is 4.94. The van der Waals surface area contributed by atoms with Gasteiger partial charge >= 0.3 is 0 Å². The number of hydrogen-bond acceptors (Lipinski definition) is 1. The Morgan fingerprint density at radius 2 is 1.52 bits per heavy atom. The van der Waals surface area contributed by atoms with Gasteiger partial charge in [0.2, 0.25) is 0 Å². The summed E-state index contributed by atoms with van der Waals surface area (Å²) in [6.45, 7) is 6.68. The van der Waals surface area contributed by atoms with Gasteiger partial charge < -0.3 is 4.90 Å². The molecule has 3 aromatic carbocycles. The van der Waals surface area contributed by atoms with E-state index < -0.39 is 0 Å². The average Bonchev–Trinajstić information content (AvgIpc) is 2.96. The third-order valence-corrected chi connectivity index (χ3v) is 4.94. The van der Waals surface area contributed by atoms with Crippen molar-refractivity contribution in [2.75, 3.05) is 4.90 Å². The van der Waals surface area contributed by atoms with Crippen molar-refractivity contribution in [3.05, 3.63) is 71.3 Å². The second kappa shape index (κ2) is 5.42. The van der Waals surface area contributed by atoms with E-state index in [1.54, 1.807) is 0 Å². The van der Waals surface area contributed by atoms with Crippen LogP contribution in [0.15, 0.2) is 54.6 Å². The number of benzene rings is 3. The highest BCUT2D eigenvalue weighted by Crippen LogP contribution is 2.39. The number of aryl methyl sites for hydroxylation is 3. The highest BCUT2D eigenvalue weighted by Gasteiger charge is 2.20. The van der Waals surface area contributed by atoms with E-state index >= 15 is 0 Å². The molecule has 1 aliphatic rings. The molecule has 0 aromatic heterocycles. The Balaban J connectivity index is 1.94. The Labute approximate surface area is 138 Å². The van der Waals surface area contributed by atoms with Gasteiger partial charge in [0, 0.05) is 22.8 Å². The van der Waals surface area contributed by atoms with Crippen LogP contribution in [-0.4, -0.2) is 6.04 Å². The van der Waals surface area contributed by atoms with Crippen LogP contribution in [0.25, 0.3) is 10.8 Å². The van der Waals surface area contributed by atoms with Gasteiger partial charge in [0.25, 0.3) is 0 Å². The van der Waals surface area contributed by atoms with E-state index in [4.69, 9.17) is 0 Å². The van der Waals surface area contributed by atoms with E-state index in [9.17, 15) is 0 Å². The van der Waals surface area contributed by atoms with E-state index in [-0.39, 0.29) is 0 Å². The summed E-state index contributed by atoms with van der Waals surface area (Å²) in [5, 5.41) is 2.88.